The van der Waals surface area contributed by atoms with E-state index in [1.807, 2.05) is 48.7 Å². The number of esters is 1. The van der Waals surface area contributed by atoms with E-state index < -0.39 is 12.0 Å². The van der Waals surface area contributed by atoms with Crippen molar-refractivity contribution < 1.29 is 14.3 Å². The van der Waals surface area contributed by atoms with Crippen molar-refractivity contribution in [2.75, 3.05) is 11.9 Å². The molecule has 0 bridgehead atoms. The summed E-state index contributed by atoms with van der Waals surface area (Å²) in [4.78, 5) is 38.2. The summed E-state index contributed by atoms with van der Waals surface area (Å²) in [7, 11) is 0. The Morgan fingerprint density at radius 3 is 2.35 bits per heavy atom. The van der Waals surface area contributed by atoms with Gasteiger partial charge >= 0.3 is 5.97 Å². The van der Waals surface area contributed by atoms with Gasteiger partial charge in [0.2, 0.25) is 5.91 Å². The minimum absolute atomic E-state index is 0.231. The fraction of sp³-hybridized carbons (Fsp3) is 0.231. The number of aryl methyl sites for hydroxylation is 2. The fourth-order valence-corrected chi connectivity index (χ4v) is 4.18. The molecule has 0 radical (unpaired) electrons. The SMILES string of the molecule is CCOC(=O)c1ccc(NC(=O)[C@@H](C)n2c(C)c3cnn(-c4ccccc4)c(=O)c3c2C)cc1. The zero-order valence-electron chi connectivity index (χ0n) is 19.5. The van der Waals surface area contributed by atoms with Crippen molar-refractivity contribution >= 4 is 28.3 Å². The van der Waals surface area contributed by atoms with Gasteiger partial charge in [-0.15, -0.1) is 0 Å². The van der Waals surface area contributed by atoms with E-state index in [0.29, 0.717) is 40.0 Å². The summed E-state index contributed by atoms with van der Waals surface area (Å²) < 4.78 is 8.21. The quantitative estimate of drug-likeness (QED) is 0.438. The van der Waals surface area contributed by atoms with Crippen LogP contribution in [0, 0.1) is 13.8 Å². The number of anilines is 1. The summed E-state index contributed by atoms with van der Waals surface area (Å²) in [6.07, 6.45) is 1.67. The number of carbonyl (C=O) groups excluding carboxylic acids is 2. The van der Waals surface area contributed by atoms with Gasteiger partial charge in [0.05, 0.1) is 29.4 Å². The summed E-state index contributed by atoms with van der Waals surface area (Å²) in [5, 5.41) is 8.48. The number of amides is 1. The predicted molar refractivity (Wildman–Crippen MR) is 131 cm³/mol. The average molecular weight is 459 g/mol. The summed E-state index contributed by atoms with van der Waals surface area (Å²) in [5.41, 5.74) is 2.91. The molecule has 34 heavy (non-hydrogen) atoms. The number of ether oxygens (including phenoxy) is 1. The standard InChI is InChI=1S/C26H26N4O4/c1-5-34-26(33)19-11-13-20(14-12-19)28-24(31)18(4)29-16(2)22-15-27-30(21-9-7-6-8-10-21)25(32)23(22)17(29)3/h6-15,18H,5H2,1-4H3,(H,28,31)/t18-/m1/s1. The maximum atomic E-state index is 13.3. The van der Waals surface area contributed by atoms with Crippen LogP contribution in [0.3, 0.4) is 0 Å². The number of para-hydroxylation sites is 1. The molecule has 1 amide bonds. The summed E-state index contributed by atoms with van der Waals surface area (Å²) in [6.45, 7) is 7.54. The molecule has 0 unspecified atom stereocenters. The van der Waals surface area contributed by atoms with Gasteiger partial charge in [-0.05, 0) is 64.1 Å². The van der Waals surface area contributed by atoms with Crippen molar-refractivity contribution in [3.63, 3.8) is 0 Å². The van der Waals surface area contributed by atoms with Gasteiger partial charge in [0.15, 0.2) is 0 Å². The molecular formula is C26H26N4O4. The zero-order chi connectivity index (χ0) is 24.4. The highest BCUT2D eigenvalue weighted by Crippen LogP contribution is 2.27. The van der Waals surface area contributed by atoms with Crippen LogP contribution >= 0.6 is 0 Å². The van der Waals surface area contributed by atoms with Crippen molar-refractivity contribution in [2.24, 2.45) is 0 Å². The van der Waals surface area contributed by atoms with Crippen molar-refractivity contribution in [3.8, 4) is 5.69 Å². The van der Waals surface area contributed by atoms with E-state index in [-0.39, 0.29) is 11.5 Å². The average Bonchev–Trinajstić information content (AvgIpc) is 3.10. The number of nitrogens with zero attached hydrogens (tertiary/aromatic N) is 3. The van der Waals surface area contributed by atoms with E-state index in [2.05, 4.69) is 10.4 Å². The summed E-state index contributed by atoms with van der Waals surface area (Å²) >= 11 is 0. The third-order valence-corrected chi connectivity index (χ3v) is 5.88. The molecule has 4 rings (SSSR count). The topological polar surface area (TPSA) is 95.2 Å². The third kappa shape index (κ3) is 4.10. The highest BCUT2D eigenvalue weighted by Gasteiger charge is 2.24. The molecule has 0 spiro atoms. The molecule has 0 aliphatic rings. The Balaban J connectivity index is 1.64. The second kappa shape index (κ2) is 9.35. The van der Waals surface area contributed by atoms with Crippen LogP contribution in [-0.2, 0) is 9.53 Å². The Hall–Kier alpha value is -4.20. The lowest BCUT2D eigenvalue weighted by Gasteiger charge is -2.18. The van der Waals surface area contributed by atoms with Crippen LogP contribution in [0.1, 0.15) is 41.6 Å². The van der Waals surface area contributed by atoms with E-state index in [1.165, 1.54) is 4.68 Å². The maximum absolute atomic E-state index is 13.3. The van der Waals surface area contributed by atoms with Crippen molar-refractivity contribution in [2.45, 2.75) is 33.7 Å². The van der Waals surface area contributed by atoms with Gasteiger partial charge in [-0.25, -0.2) is 4.79 Å². The normalized spacial score (nSPS) is 11.9. The molecule has 8 nitrogen and oxygen atoms in total. The molecule has 0 aliphatic heterocycles. The lowest BCUT2D eigenvalue weighted by atomic mass is 10.2. The minimum atomic E-state index is -0.582. The van der Waals surface area contributed by atoms with Crippen LogP contribution in [0.4, 0.5) is 5.69 Å². The zero-order valence-corrected chi connectivity index (χ0v) is 19.5. The molecule has 2 aromatic heterocycles. The Kier molecular flexibility index (Phi) is 6.32. The van der Waals surface area contributed by atoms with Gasteiger partial charge in [0.25, 0.3) is 5.56 Å². The predicted octanol–water partition coefficient (Wildman–Crippen LogP) is 4.18. The first-order valence-electron chi connectivity index (χ1n) is 11.1. The highest BCUT2D eigenvalue weighted by molar-refractivity contribution is 5.96. The van der Waals surface area contributed by atoms with Gasteiger partial charge in [0, 0.05) is 22.5 Å². The molecule has 4 aromatic rings. The Morgan fingerprint density at radius 1 is 1.03 bits per heavy atom. The number of carbonyl (C=O) groups is 2. The van der Waals surface area contributed by atoms with Crippen LogP contribution in [0.5, 0.6) is 0 Å². The molecule has 0 fully saturated rings. The third-order valence-electron chi connectivity index (χ3n) is 5.88. The smallest absolute Gasteiger partial charge is 0.338 e. The van der Waals surface area contributed by atoms with Crippen LogP contribution in [-0.4, -0.2) is 32.8 Å². The number of benzene rings is 2. The molecule has 0 saturated heterocycles. The molecule has 1 N–H and O–H groups in total. The van der Waals surface area contributed by atoms with Crippen LogP contribution in [0.25, 0.3) is 16.5 Å². The van der Waals surface area contributed by atoms with Crippen molar-refractivity contribution in [1.82, 2.24) is 14.3 Å². The summed E-state index contributed by atoms with van der Waals surface area (Å²) in [6, 6.07) is 15.2. The summed E-state index contributed by atoms with van der Waals surface area (Å²) in [5.74, 6) is -0.652. The highest BCUT2D eigenvalue weighted by atomic mass is 16.5. The van der Waals surface area contributed by atoms with E-state index in [4.69, 9.17) is 4.74 Å². The van der Waals surface area contributed by atoms with E-state index >= 15 is 0 Å². The number of rotatable bonds is 6. The second-order valence-corrected chi connectivity index (χ2v) is 7.99. The molecule has 0 saturated carbocycles. The number of nitrogens with one attached hydrogen (secondary N) is 1. The van der Waals surface area contributed by atoms with E-state index in [1.54, 1.807) is 44.3 Å². The van der Waals surface area contributed by atoms with Crippen LogP contribution in [0.15, 0.2) is 65.6 Å². The van der Waals surface area contributed by atoms with E-state index in [0.717, 1.165) is 5.69 Å². The number of hydrogen-bond acceptors (Lipinski definition) is 5. The molecule has 174 valence electrons. The van der Waals surface area contributed by atoms with Crippen molar-refractivity contribution in [3.05, 3.63) is 88.1 Å². The molecular weight excluding hydrogens is 432 g/mol. The second-order valence-electron chi connectivity index (χ2n) is 7.99. The van der Waals surface area contributed by atoms with Gasteiger partial charge in [-0.1, -0.05) is 18.2 Å². The van der Waals surface area contributed by atoms with Gasteiger partial charge in [-0.2, -0.15) is 9.78 Å². The van der Waals surface area contributed by atoms with Crippen molar-refractivity contribution in [1.29, 1.82) is 0 Å². The fourth-order valence-electron chi connectivity index (χ4n) is 4.18. The van der Waals surface area contributed by atoms with Gasteiger partial charge < -0.3 is 14.6 Å². The molecule has 8 heteroatoms. The first kappa shape index (κ1) is 23.0. The Bertz CT molecular complexity index is 1420. The molecule has 0 aliphatic carbocycles. The van der Waals surface area contributed by atoms with Crippen LogP contribution in [0.2, 0.25) is 0 Å². The first-order chi connectivity index (χ1) is 16.3. The number of aromatic nitrogens is 3. The van der Waals surface area contributed by atoms with E-state index in [9.17, 15) is 14.4 Å². The molecule has 2 heterocycles. The van der Waals surface area contributed by atoms with Gasteiger partial charge in [0.1, 0.15) is 6.04 Å². The lowest BCUT2D eigenvalue weighted by Crippen LogP contribution is -2.25. The lowest BCUT2D eigenvalue weighted by molar-refractivity contribution is -0.118. The maximum Gasteiger partial charge on any atom is 0.338 e. The molecule has 2 aromatic carbocycles. The monoisotopic (exact) mass is 458 g/mol. The number of fused-ring (bicyclic) bond motifs is 1. The van der Waals surface area contributed by atoms with Gasteiger partial charge in [-0.3, -0.25) is 9.59 Å². The Morgan fingerprint density at radius 2 is 1.71 bits per heavy atom. The number of hydrogen-bond donors (Lipinski definition) is 1. The van der Waals surface area contributed by atoms with Crippen LogP contribution < -0.4 is 10.9 Å². The first-order valence-corrected chi connectivity index (χ1v) is 11.1. The molecule has 1 atom stereocenters. The largest absolute Gasteiger partial charge is 0.462 e. The Labute approximate surface area is 196 Å². The minimum Gasteiger partial charge on any atom is -0.462 e.